The molecule has 2 fully saturated rings. The van der Waals surface area contributed by atoms with E-state index in [1.807, 2.05) is 0 Å². The van der Waals surface area contributed by atoms with Gasteiger partial charge in [0.1, 0.15) is 0 Å². The number of likely N-dealkylation sites (tertiary alicyclic amines) is 2. The van der Waals surface area contributed by atoms with Crippen LogP contribution < -0.4 is 5.32 Å². The van der Waals surface area contributed by atoms with E-state index < -0.39 is 0 Å². The molecule has 4 heteroatoms. The monoisotopic (exact) mass is 283 g/mol. The van der Waals surface area contributed by atoms with Gasteiger partial charge in [-0.05, 0) is 71.2 Å². The van der Waals surface area contributed by atoms with Crippen molar-refractivity contribution < 1.29 is 4.74 Å². The summed E-state index contributed by atoms with van der Waals surface area (Å²) in [6.45, 7) is 11.2. The van der Waals surface area contributed by atoms with Crippen LogP contribution in [-0.4, -0.2) is 68.4 Å². The van der Waals surface area contributed by atoms with Gasteiger partial charge < -0.3 is 10.1 Å². The molecule has 0 spiro atoms. The van der Waals surface area contributed by atoms with E-state index in [0.717, 1.165) is 32.7 Å². The highest BCUT2D eigenvalue weighted by Gasteiger charge is 2.28. The van der Waals surface area contributed by atoms with Crippen molar-refractivity contribution in [2.45, 2.75) is 51.6 Å². The van der Waals surface area contributed by atoms with Crippen molar-refractivity contribution in [1.82, 2.24) is 15.1 Å². The average molecular weight is 283 g/mol. The van der Waals surface area contributed by atoms with Crippen LogP contribution in [-0.2, 0) is 4.74 Å². The molecule has 0 atom stereocenters. The van der Waals surface area contributed by atoms with Crippen LogP contribution in [0.1, 0.15) is 45.4 Å². The summed E-state index contributed by atoms with van der Waals surface area (Å²) in [5, 5.41) is 3.54. The summed E-state index contributed by atoms with van der Waals surface area (Å²) in [4.78, 5) is 5.42. The number of nitrogens with one attached hydrogen (secondary N) is 1. The van der Waals surface area contributed by atoms with Gasteiger partial charge in [-0.15, -0.1) is 0 Å². The highest BCUT2D eigenvalue weighted by atomic mass is 16.5. The number of nitrogens with zero attached hydrogens (tertiary/aromatic N) is 2. The van der Waals surface area contributed by atoms with Gasteiger partial charge >= 0.3 is 0 Å². The van der Waals surface area contributed by atoms with Gasteiger partial charge in [0.05, 0.1) is 12.8 Å². The average Bonchev–Trinajstić information content (AvgIpc) is 3.14. The van der Waals surface area contributed by atoms with Gasteiger partial charge in [0.15, 0.2) is 0 Å². The summed E-state index contributed by atoms with van der Waals surface area (Å²) < 4.78 is 5.51. The Hall–Kier alpha value is -0.160. The molecule has 2 aliphatic rings. The Labute approximate surface area is 124 Å². The Morgan fingerprint density at radius 3 is 2.05 bits per heavy atom. The first-order valence-electron chi connectivity index (χ1n) is 8.68. The molecule has 4 nitrogen and oxygen atoms in total. The molecule has 0 amide bonds. The van der Waals surface area contributed by atoms with Gasteiger partial charge in [0.2, 0.25) is 0 Å². The van der Waals surface area contributed by atoms with E-state index in [4.69, 9.17) is 4.74 Å². The molecule has 0 unspecified atom stereocenters. The summed E-state index contributed by atoms with van der Waals surface area (Å²) in [5.41, 5.74) is 0. The second-order valence-corrected chi connectivity index (χ2v) is 6.12. The molecule has 0 aromatic rings. The third kappa shape index (κ3) is 5.32. The van der Waals surface area contributed by atoms with Gasteiger partial charge in [-0.25, -0.2) is 0 Å². The maximum absolute atomic E-state index is 5.51. The summed E-state index contributed by atoms with van der Waals surface area (Å²) in [7, 11) is 0. The molecule has 0 aliphatic carbocycles. The third-order valence-electron chi connectivity index (χ3n) is 4.48. The van der Waals surface area contributed by atoms with Crippen LogP contribution in [0.4, 0.5) is 0 Å². The van der Waals surface area contributed by atoms with Crippen molar-refractivity contribution in [2.24, 2.45) is 0 Å². The standard InChI is InChI=1S/C16H33N3O/c1-2-14-20-15-9-17-8-7-16(18-10-3-4-11-18)19-12-5-6-13-19/h16-17H,2-15H2,1H3. The minimum Gasteiger partial charge on any atom is -0.380 e. The Kier molecular flexibility index (Phi) is 7.88. The molecular weight excluding hydrogens is 250 g/mol. The van der Waals surface area contributed by atoms with Crippen LogP contribution in [0.15, 0.2) is 0 Å². The van der Waals surface area contributed by atoms with E-state index in [1.54, 1.807) is 0 Å². The number of hydrogen-bond acceptors (Lipinski definition) is 4. The largest absolute Gasteiger partial charge is 0.380 e. The quantitative estimate of drug-likeness (QED) is 0.620. The van der Waals surface area contributed by atoms with E-state index in [0.29, 0.717) is 6.17 Å². The van der Waals surface area contributed by atoms with Crippen molar-refractivity contribution in [2.75, 3.05) is 52.5 Å². The number of ether oxygens (including phenoxy) is 1. The zero-order valence-corrected chi connectivity index (χ0v) is 13.3. The lowest BCUT2D eigenvalue weighted by Gasteiger charge is -2.35. The minimum atomic E-state index is 0.684. The Morgan fingerprint density at radius 1 is 0.900 bits per heavy atom. The second-order valence-electron chi connectivity index (χ2n) is 6.12. The van der Waals surface area contributed by atoms with Crippen LogP contribution in [0.25, 0.3) is 0 Å². The molecule has 1 N–H and O–H groups in total. The highest BCUT2D eigenvalue weighted by Crippen LogP contribution is 2.21. The van der Waals surface area contributed by atoms with Crippen molar-refractivity contribution in [3.05, 3.63) is 0 Å². The Morgan fingerprint density at radius 2 is 1.50 bits per heavy atom. The molecule has 0 radical (unpaired) electrons. The van der Waals surface area contributed by atoms with E-state index in [1.165, 1.54) is 58.3 Å². The maximum atomic E-state index is 5.51. The summed E-state index contributed by atoms with van der Waals surface area (Å²) in [6, 6.07) is 0. The van der Waals surface area contributed by atoms with Gasteiger partial charge in [0, 0.05) is 13.2 Å². The molecule has 0 bridgehead atoms. The predicted octanol–water partition coefficient (Wildman–Crippen LogP) is 1.91. The second kappa shape index (κ2) is 9.72. The lowest BCUT2D eigenvalue weighted by atomic mass is 10.2. The van der Waals surface area contributed by atoms with Crippen LogP contribution in [0, 0.1) is 0 Å². The predicted molar refractivity (Wildman–Crippen MR) is 84.0 cm³/mol. The highest BCUT2D eigenvalue weighted by molar-refractivity contribution is 4.80. The fraction of sp³-hybridized carbons (Fsp3) is 1.00. The van der Waals surface area contributed by atoms with E-state index in [-0.39, 0.29) is 0 Å². The maximum Gasteiger partial charge on any atom is 0.0634 e. The van der Waals surface area contributed by atoms with Crippen molar-refractivity contribution in [3.63, 3.8) is 0 Å². The molecule has 2 saturated heterocycles. The molecule has 0 aromatic carbocycles. The summed E-state index contributed by atoms with van der Waals surface area (Å²) >= 11 is 0. The molecular formula is C16H33N3O. The summed E-state index contributed by atoms with van der Waals surface area (Å²) in [6.07, 6.45) is 8.63. The number of hydrogen-bond donors (Lipinski definition) is 1. The normalized spacial score (nSPS) is 21.3. The van der Waals surface area contributed by atoms with Crippen LogP contribution in [0.5, 0.6) is 0 Å². The van der Waals surface area contributed by atoms with E-state index >= 15 is 0 Å². The molecule has 0 aromatic heterocycles. The first kappa shape index (κ1) is 16.2. The van der Waals surface area contributed by atoms with E-state index in [9.17, 15) is 0 Å². The minimum absolute atomic E-state index is 0.684. The van der Waals surface area contributed by atoms with Crippen LogP contribution in [0.2, 0.25) is 0 Å². The SMILES string of the molecule is CCCOCCNCCC(N1CCCC1)N1CCCC1. The first-order valence-corrected chi connectivity index (χ1v) is 8.68. The van der Waals surface area contributed by atoms with Gasteiger partial charge in [-0.2, -0.15) is 0 Å². The third-order valence-corrected chi connectivity index (χ3v) is 4.48. The van der Waals surface area contributed by atoms with Crippen molar-refractivity contribution >= 4 is 0 Å². The van der Waals surface area contributed by atoms with Crippen LogP contribution >= 0.6 is 0 Å². The van der Waals surface area contributed by atoms with Gasteiger partial charge in [0.25, 0.3) is 0 Å². The molecule has 0 saturated carbocycles. The smallest absolute Gasteiger partial charge is 0.0634 e. The Bertz CT molecular complexity index is 222. The lowest BCUT2D eigenvalue weighted by Crippen LogP contribution is -2.47. The first-order chi connectivity index (χ1) is 9.92. The van der Waals surface area contributed by atoms with Crippen molar-refractivity contribution in [1.29, 1.82) is 0 Å². The zero-order valence-electron chi connectivity index (χ0n) is 13.3. The lowest BCUT2D eigenvalue weighted by molar-refractivity contribution is 0.0711. The van der Waals surface area contributed by atoms with E-state index in [2.05, 4.69) is 22.0 Å². The van der Waals surface area contributed by atoms with Gasteiger partial charge in [-0.3, -0.25) is 9.80 Å². The summed E-state index contributed by atoms with van der Waals surface area (Å²) in [5.74, 6) is 0. The molecule has 118 valence electrons. The molecule has 2 heterocycles. The molecule has 20 heavy (non-hydrogen) atoms. The topological polar surface area (TPSA) is 27.7 Å². The zero-order chi connectivity index (χ0) is 14.0. The molecule has 2 rings (SSSR count). The fourth-order valence-corrected chi connectivity index (χ4v) is 3.42. The molecule has 2 aliphatic heterocycles. The fourth-order valence-electron chi connectivity index (χ4n) is 3.42. The Balaban J connectivity index is 1.62. The van der Waals surface area contributed by atoms with Crippen molar-refractivity contribution in [3.8, 4) is 0 Å². The number of rotatable bonds is 10. The van der Waals surface area contributed by atoms with Crippen LogP contribution in [0.3, 0.4) is 0 Å². The van der Waals surface area contributed by atoms with Gasteiger partial charge in [-0.1, -0.05) is 6.92 Å².